The average Bonchev–Trinajstić information content (AvgIpc) is 3.10. The molecule has 11 heteroatoms. The molecule has 3 amide bonds. The van der Waals surface area contributed by atoms with Gasteiger partial charge in [0.25, 0.3) is 0 Å². The van der Waals surface area contributed by atoms with Crippen LogP contribution in [0.25, 0.3) is 0 Å². The molecule has 0 aromatic heterocycles. The number of carbonyl (C=O) groups is 4. The van der Waals surface area contributed by atoms with E-state index in [4.69, 9.17) is 0 Å². The molecule has 1 unspecified atom stereocenters. The van der Waals surface area contributed by atoms with Gasteiger partial charge in [0.2, 0.25) is 11.8 Å². The van der Waals surface area contributed by atoms with E-state index in [-0.39, 0.29) is 35.1 Å². The van der Waals surface area contributed by atoms with Crippen molar-refractivity contribution in [2.45, 2.75) is 97.9 Å². The van der Waals surface area contributed by atoms with Crippen LogP contribution < -0.4 is 16.0 Å². The molecule has 3 fully saturated rings. The number of hydrogen-bond acceptors (Lipinski definition) is 5. The minimum atomic E-state index is -5.15. The molecule has 3 aliphatic rings. The van der Waals surface area contributed by atoms with Gasteiger partial charge < -0.3 is 16.0 Å². The van der Waals surface area contributed by atoms with E-state index in [1.165, 1.54) is 0 Å². The Morgan fingerprint density at radius 2 is 1.74 bits per heavy atom. The van der Waals surface area contributed by atoms with Crippen molar-refractivity contribution in [3.05, 3.63) is 0 Å². The number of hydrogen-bond donors (Lipinski definition) is 3. The second-order valence-electron chi connectivity index (χ2n) is 13.5. The number of amides is 3. The summed E-state index contributed by atoms with van der Waals surface area (Å²) in [6.07, 6.45) is -3.41. The maximum absolute atomic E-state index is 13.6. The molecule has 7 atom stereocenters. The van der Waals surface area contributed by atoms with E-state index in [2.05, 4.69) is 10.6 Å². The fraction of sp³-hybridized carbons (Fsp3) is 0.815. The summed E-state index contributed by atoms with van der Waals surface area (Å²) in [6.45, 7) is 12.5. The number of Topliss-reactive ketones (excluding diaryl/α,β-unsaturated/α-hetero) is 1. The molecule has 8 nitrogen and oxygen atoms in total. The zero-order chi connectivity index (χ0) is 29.0. The largest absolute Gasteiger partial charge is 0.471 e. The SMILES string of the molecule is CC1(C)CC[C@@H](C[C@@H](C#N)NC(=O)[C@H]2C(C(=O)[C@@H](NC(=O)C(F)(F)F)C(C)(C)C)C[C@H]3[C@@H]2C3(C)C)C(=O)N1. The lowest BCUT2D eigenvalue weighted by atomic mass is 9.74. The van der Waals surface area contributed by atoms with Crippen molar-refractivity contribution in [3.63, 3.8) is 0 Å². The quantitative estimate of drug-likeness (QED) is 0.457. The first kappa shape index (κ1) is 29.9. The number of fused-ring (bicyclic) bond motifs is 1. The van der Waals surface area contributed by atoms with E-state index in [1.807, 2.05) is 39.1 Å². The van der Waals surface area contributed by atoms with Crippen LogP contribution in [0.3, 0.4) is 0 Å². The Morgan fingerprint density at radius 1 is 1.13 bits per heavy atom. The van der Waals surface area contributed by atoms with E-state index in [0.29, 0.717) is 12.8 Å². The van der Waals surface area contributed by atoms with Gasteiger partial charge in [-0.3, -0.25) is 19.2 Å². The summed E-state index contributed by atoms with van der Waals surface area (Å²) in [4.78, 5) is 51.5. The monoisotopic (exact) mass is 540 g/mol. The molecule has 38 heavy (non-hydrogen) atoms. The maximum Gasteiger partial charge on any atom is 0.471 e. The van der Waals surface area contributed by atoms with Crippen molar-refractivity contribution in [1.82, 2.24) is 16.0 Å². The highest BCUT2D eigenvalue weighted by Crippen LogP contribution is 2.71. The van der Waals surface area contributed by atoms with E-state index in [1.54, 1.807) is 20.8 Å². The van der Waals surface area contributed by atoms with Crippen LogP contribution in [-0.2, 0) is 19.2 Å². The summed E-state index contributed by atoms with van der Waals surface area (Å²) in [5.74, 6) is -5.83. The Hall–Kier alpha value is -2.64. The Kier molecular flexibility index (Phi) is 7.74. The molecule has 2 aliphatic carbocycles. The molecule has 1 aliphatic heterocycles. The van der Waals surface area contributed by atoms with Crippen LogP contribution in [0.1, 0.15) is 74.1 Å². The molecule has 1 saturated heterocycles. The molecule has 2 saturated carbocycles. The van der Waals surface area contributed by atoms with Crippen molar-refractivity contribution in [2.24, 2.45) is 40.4 Å². The highest BCUT2D eigenvalue weighted by molar-refractivity contribution is 5.96. The van der Waals surface area contributed by atoms with Crippen LogP contribution in [0, 0.1) is 51.8 Å². The minimum absolute atomic E-state index is 0.0259. The Labute approximate surface area is 221 Å². The number of rotatable bonds is 7. The molecule has 0 spiro atoms. The van der Waals surface area contributed by atoms with Crippen LogP contribution in [0.15, 0.2) is 0 Å². The van der Waals surface area contributed by atoms with Gasteiger partial charge in [0, 0.05) is 17.4 Å². The molecular formula is C27H39F3N4O4. The van der Waals surface area contributed by atoms with Gasteiger partial charge in [-0.1, -0.05) is 34.6 Å². The number of carbonyl (C=O) groups excluding carboxylic acids is 4. The number of alkyl halides is 3. The van der Waals surface area contributed by atoms with Gasteiger partial charge in [0.15, 0.2) is 5.78 Å². The Balaban J connectivity index is 1.79. The first-order valence-electron chi connectivity index (χ1n) is 13.1. The van der Waals surface area contributed by atoms with Crippen LogP contribution in [0.5, 0.6) is 0 Å². The number of halogens is 3. The number of nitrogens with one attached hydrogen (secondary N) is 3. The Bertz CT molecular complexity index is 1040. The lowest BCUT2D eigenvalue weighted by molar-refractivity contribution is -0.175. The lowest BCUT2D eigenvalue weighted by Crippen LogP contribution is -2.56. The number of ketones is 1. The van der Waals surface area contributed by atoms with Gasteiger partial charge in [0.05, 0.1) is 18.0 Å². The summed E-state index contributed by atoms with van der Waals surface area (Å²) in [5, 5.41) is 17.2. The first-order valence-corrected chi connectivity index (χ1v) is 13.1. The summed E-state index contributed by atoms with van der Waals surface area (Å²) >= 11 is 0. The van der Waals surface area contributed by atoms with Crippen LogP contribution in [0.2, 0.25) is 0 Å². The molecule has 0 aromatic carbocycles. The summed E-state index contributed by atoms with van der Waals surface area (Å²) in [6, 6.07) is -0.355. The number of piperidine rings is 1. The zero-order valence-electron chi connectivity index (χ0n) is 23.1. The van der Waals surface area contributed by atoms with Crippen molar-refractivity contribution in [2.75, 3.05) is 0 Å². The van der Waals surface area contributed by atoms with Gasteiger partial charge in [-0.15, -0.1) is 0 Å². The van der Waals surface area contributed by atoms with Gasteiger partial charge in [-0.2, -0.15) is 18.4 Å². The minimum Gasteiger partial charge on any atom is -0.351 e. The van der Waals surface area contributed by atoms with Crippen molar-refractivity contribution in [3.8, 4) is 6.07 Å². The summed E-state index contributed by atoms with van der Waals surface area (Å²) < 4.78 is 39.0. The topological polar surface area (TPSA) is 128 Å². The third-order valence-electron chi connectivity index (χ3n) is 8.76. The van der Waals surface area contributed by atoms with Gasteiger partial charge >= 0.3 is 12.1 Å². The maximum atomic E-state index is 13.6. The third-order valence-corrected chi connectivity index (χ3v) is 8.76. The van der Waals surface area contributed by atoms with E-state index in [9.17, 15) is 37.6 Å². The van der Waals surface area contributed by atoms with Crippen LogP contribution >= 0.6 is 0 Å². The van der Waals surface area contributed by atoms with E-state index in [0.717, 1.165) is 6.42 Å². The van der Waals surface area contributed by atoms with Crippen LogP contribution in [-0.4, -0.2) is 47.3 Å². The smallest absolute Gasteiger partial charge is 0.351 e. The fourth-order valence-corrected chi connectivity index (χ4v) is 6.49. The molecule has 0 bridgehead atoms. The second kappa shape index (κ2) is 9.83. The second-order valence-corrected chi connectivity index (χ2v) is 13.5. The molecule has 212 valence electrons. The summed E-state index contributed by atoms with van der Waals surface area (Å²) in [7, 11) is 0. The first-order chi connectivity index (χ1) is 17.2. The van der Waals surface area contributed by atoms with Crippen LogP contribution in [0.4, 0.5) is 13.2 Å². The molecule has 1 heterocycles. The van der Waals surface area contributed by atoms with Crippen molar-refractivity contribution < 1.29 is 32.3 Å². The van der Waals surface area contributed by atoms with Crippen molar-refractivity contribution >= 4 is 23.5 Å². The van der Waals surface area contributed by atoms with E-state index >= 15 is 0 Å². The molecule has 3 rings (SSSR count). The molecule has 0 radical (unpaired) electrons. The highest BCUT2D eigenvalue weighted by atomic mass is 19.4. The molecule has 0 aromatic rings. The average molecular weight is 541 g/mol. The van der Waals surface area contributed by atoms with Gasteiger partial charge in [-0.05, 0) is 62.2 Å². The fourth-order valence-electron chi connectivity index (χ4n) is 6.49. The van der Waals surface area contributed by atoms with E-state index < -0.39 is 59.0 Å². The summed E-state index contributed by atoms with van der Waals surface area (Å²) in [5.41, 5.74) is -1.60. The predicted octanol–water partition coefficient (Wildman–Crippen LogP) is 3.26. The highest BCUT2D eigenvalue weighted by Gasteiger charge is 2.70. The lowest BCUT2D eigenvalue weighted by Gasteiger charge is -2.36. The zero-order valence-corrected chi connectivity index (χ0v) is 23.1. The molecular weight excluding hydrogens is 501 g/mol. The number of nitrogens with zero attached hydrogens (tertiary/aromatic N) is 1. The number of nitriles is 1. The third kappa shape index (κ3) is 5.99. The van der Waals surface area contributed by atoms with Crippen molar-refractivity contribution in [1.29, 1.82) is 5.26 Å². The standard InChI is InChI=1S/C27H39F3N4O4/c1-24(2,3)20(33-23(38)27(28,29)30)19(35)15-11-16-18(26(16,6)7)17(15)22(37)32-14(12-31)10-13-8-9-25(4,5)34-21(13)36/h13-18,20H,8-11H2,1-7H3,(H,32,37)(H,33,38)(H,34,36)/t13-,14-,15?,16-,17-,18-,20+/m0/s1. The van der Waals surface area contributed by atoms with Gasteiger partial charge in [0.1, 0.15) is 6.04 Å². The predicted molar refractivity (Wildman–Crippen MR) is 132 cm³/mol. The molecule has 3 N–H and O–H groups in total. The Morgan fingerprint density at radius 3 is 2.24 bits per heavy atom. The normalized spacial score (nSPS) is 31.2. The van der Waals surface area contributed by atoms with Gasteiger partial charge in [-0.25, -0.2) is 0 Å².